The molecule has 1 aliphatic heterocycles. The predicted molar refractivity (Wildman–Crippen MR) is 49.3 cm³/mol. The second kappa shape index (κ2) is 3.33. The van der Waals surface area contributed by atoms with Gasteiger partial charge in [-0.25, -0.2) is 0 Å². The third-order valence-corrected chi connectivity index (χ3v) is 2.11. The van der Waals surface area contributed by atoms with Gasteiger partial charge in [-0.2, -0.15) is 0 Å². The van der Waals surface area contributed by atoms with Crippen molar-refractivity contribution in [3.05, 3.63) is 44.5 Å². The van der Waals surface area contributed by atoms with E-state index >= 15 is 0 Å². The van der Waals surface area contributed by atoms with Crippen LogP contribution in [0, 0.1) is 20.2 Å². The maximum atomic E-state index is 10.7. The molecule has 0 aromatic heterocycles. The molecule has 1 aromatic rings. The van der Waals surface area contributed by atoms with E-state index < -0.39 is 22.3 Å². The maximum Gasteiger partial charge on any atom is 0.654 e. The highest BCUT2D eigenvalue weighted by atomic mass is 16.8. The Balaban J connectivity index is 2.43. The zero-order chi connectivity index (χ0) is 11.8. The molecule has 0 unspecified atom stereocenters. The molecule has 0 amide bonds. The SMILES string of the molecule is O=[N+]([O-])C1([N+](=O)[O-])COc2ccccc2O1. The van der Waals surface area contributed by atoms with Gasteiger partial charge in [-0.05, 0) is 12.1 Å². The summed E-state index contributed by atoms with van der Waals surface area (Å²) in [4.78, 5) is 19.2. The van der Waals surface area contributed by atoms with E-state index in [2.05, 4.69) is 0 Å². The van der Waals surface area contributed by atoms with E-state index in [0.29, 0.717) is 0 Å². The van der Waals surface area contributed by atoms with Gasteiger partial charge in [0.05, 0.1) is 0 Å². The first-order valence-electron chi connectivity index (χ1n) is 4.26. The Morgan fingerprint density at radius 2 is 1.69 bits per heavy atom. The highest BCUT2D eigenvalue weighted by Crippen LogP contribution is 2.35. The van der Waals surface area contributed by atoms with Crippen molar-refractivity contribution in [3.63, 3.8) is 0 Å². The predicted octanol–water partition coefficient (Wildman–Crippen LogP) is 0.665. The molecule has 16 heavy (non-hydrogen) atoms. The lowest BCUT2D eigenvalue weighted by atomic mass is 10.3. The summed E-state index contributed by atoms with van der Waals surface area (Å²) in [6, 6.07) is 6.06. The van der Waals surface area contributed by atoms with E-state index in [0.717, 1.165) is 0 Å². The monoisotopic (exact) mass is 226 g/mol. The molecular formula is C8H6N2O6. The third kappa shape index (κ3) is 1.31. The Hall–Kier alpha value is -2.38. The number of para-hydroxylation sites is 2. The standard InChI is InChI=1S/C8H6N2O6/c11-9(12)8(10(13)14)5-15-6-3-1-2-4-7(6)16-8/h1-4H,5H2. The van der Waals surface area contributed by atoms with E-state index in [1.807, 2.05) is 0 Å². The first kappa shape index (κ1) is 10.1. The average Bonchev–Trinajstić information content (AvgIpc) is 2.27. The van der Waals surface area contributed by atoms with Gasteiger partial charge in [0.25, 0.3) is 6.61 Å². The molecule has 0 N–H and O–H groups in total. The summed E-state index contributed by atoms with van der Waals surface area (Å²) in [5.41, 5.74) is 0. The van der Waals surface area contributed by atoms with Crippen LogP contribution in [0.3, 0.4) is 0 Å². The fourth-order valence-corrected chi connectivity index (χ4v) is 1.28. The molecule has 2 rings (SSSR count). The minimum Gasteiger partial charge on any atom is -0.469 e. The largest absolute Gasteiger partial charge is 0.654 e. The number of ether oxygens (including phenoxy) is 2. The first-order valence-corrected chi connectivity index (χ1v) is 4.26. The molecule has 0 fully saturated rings. The quantitative estimate of drug-likeness (QED) is 0.416. The number of rotatable bonds is 2. The van der Waals surface area contributed by atoms with Crippen molar-refractivity contribution in [3.8, 4) is 11.5 Å². The number of hydrogen-bond donors (Lipinski definition) is 0. The van der Waals surface area contributed by atoms with Crippen LogP contribution >= 0.6 is 0 Å². The van der Waals surface area contributed by atoms with Crippen molar-refractivity contribution in [2.45, 2.75) is 5.85 Å². The van der Waals surface area contributed by atoms with E-state index in [9.17, 15) is 20.2 Å². The van der Waals surface area contributed by atoms with Gasteiger partial charge in [-0.3, -0.25) is 20.2 Å². The molecule has 1 aliphatic rings. The zero-order valence-electron chi connectivity index (χ0n) is 7.86. The Kier molecular flexibility index (Phi) is 2.11. The number of fused-ring (bicyclic) bond motifs is 1. The van der Waals surface area contributed by atoms with Crippen molar-refractivity contribution in [1.29, 1.82) is 0 Å². The minimum absolute atomic E-state index is 0.0119. The van der Waals surface area contributed by atoms with Crippen molar-refractivity contribution >= 4 is 0 Å². The van der Waals surface area contributed by atoms with Crippen LogP contribution in [-0.2, 0) is 0 Å². The van der Waals surface area contributed by atoms with E-state index in [4.69, 9.17) is 9.47 Å². The van der Waals surface area contributed by atoms with Gasteiger partial charge in [0.2, 0.25) is 0 Å². The molecule has 8 heteroatoms. The van der Waals surface area contributed by atoms with Gasteiger partial charge in [0.1, 0.15) is 9.85 Å². The lowest BCUT2D eigenvalue weighted by Crippen LogP contribution is -2.57. The smallest absolute Gasteiger partial charge is 0.469 e. The Labute approximate surface area is 88.7 Å². The van der Waals surface area contributed by atoms with Gasteiger partial charge in [-0.15, -0.1) is 0 Å². The fraction of sp³-hybridized carbons (Fsp3) is 0.250. The molecule has 0 bridgehead atoms. The molecule has 1 aromatic carbocycles. The van der Waals surface area contributed by atoms with Crippen molar-refractivity contribution < 1.29 is 19.3 Å². The number of hydrogen-bond acceptors (Lipinski definition) is 6. The second-order valence-corrected chi connectivity index (χ2v) is 3.09. The van der Waals surface area contributed by atoms with Gasteiger partial charge in [0, 0.05) is 0 Å². The second-order valence-electron chi connectivity index (χ2n) is 3.09. The molecule has 8 nitrogen and oxygen atoms in total. The van der Waals surface area contributed by atoms with E-state index in [1.165, 1.54) is 18.2 Å². The normalized spacial score (nSPS) is 16.5. The fourth-order valence-electron chi connectivity index (χ4n) is 1.28. The van der Waals surface area contributed by atoms with Crippen LogP contribution in [0.1, 0.15) is 0 Å². The third-order valence-electron chi connectivity index (χ3n) is 2.11. The van der Waals surface area contributed by atoms with Crippen molar-refractivity contribution in [2.75, 3.05) is 6.61 Å². The van der Waals surface area contributed by atoms with Gasteiger partial charge < -0.3 is 9.47 Å². The summed E-state index contributed by atoms with van der Waals surface area (Å²) >= 11 is 0. The van der Waals surface area contributed by atoms with Crippen molar-refractivity contribution in [1.82, 2.24) is 0 Å². The molecule has 0 saturated carbocycles. The summed E-state index contributed by atoms with van der Waals surface area (Å²) in [6.45, 7) is -0.760. The van der Waals surface area contributed by atoms with Crippen LogP contribution in [0.2, 0.25) is 0 Å². The molecule has 0 radical (unpaired) electrons. The number of nitrogens with zero attached hydrogens (tertiary/aromatic N) is 2. The number of nitro groups is 2. The van der Waals surface area contributed by atoms with E-state index in [1.54, 1.807) is 6.07 Å². The lowest BCUT2D eigenvalue weighted by Gasteiger charge is -2.23. The van der Waals surface area contributed by atoms with Crippen LogP contribution in [0.15, 0.2) is 24.3 Å². The molecule has 1 heterocycles. The van der Waals surface area contributed by atoms with Crippen LogP contribution in [0.25, 0.3) is 0 Å². The summed E-state index contributed by atoms with van der Waals surface area (Å²) in [7, 11) is 0. The highest BCUT2D eigenvalue weighted by Gasteiger charge is 2.63. The molecular weight excluding hydrogens is 220 g/mol. The van der Waals surface area contributed by atoms with Crippen molar-refractivity contribution in [2.24, 2.45) is 0 Å². The summed E-state index contributed by atoms with van der Waals surface area (Å²) in [5, 5.41) is 21.4. The van der Waals surface area contributed by atoms with Crippen LogP contribution in [0.5, 0.6) is 11.5 Å². The maximum absolute atomic E-state index is 10.7. The van der Waals surface area contributed by atoms with Crippen LogP contribution < -0.4 is 9.47 Å². The average molecular weight is 226 g/mol. The molecule has 0 atom stereocenters. The highest BCUT2D eigenvalue weighted by molar-refractivity contribution is 5.40. The van der Waals surface area contributed by atoms with Gasteiger partial charge in [0.15, 0.2) is 11.5 Å². The zero-order valence-corrected chi connectivity index (χ0v) is 7.86. The summed E-state index contributed by atoms with van der Waals surface area (Å²) in [5.74, 6) is -2.52. The van der Waals surface area contributed by atoms with Gasteiger partial charge in [-0.1, -0.05) is 12.1 Å². The Bertz CT molecular complexity index is 446. The molecule has 0 spiro atoms. The lowest BCUT2D eigenvalue weighted by molar-refractivity contribution is -0.841. The molecule has 0 saturated heterocycles. The molecule has 84 valence electrons. The molecule has 0 aliphatic carbocycles. The van der Waals surface area contributed by atoms with E-state index in [-0.39, 0.29) is 11.5 Å². The topological polar surface area (TPSA) is 105 Å². The Morgan fingerprint density at radius 3 is 2.25 bits per heavy atom. The van der Waals surface area contributed by atoms with Gasteiger partial charge >= 0.3 is 5.85 Å². The summed E-state index contributed by atoms with van der Waals surface area (Å²) < 4.78 is 9.77. The van der Waals surface area contributed by atoms with Crippen LogP contribution in [-0.4, -0.2) is 22.3 Å². The number of benzene rings is 1. The van der Waals surface area contributed by atoms with Crippen LogP contribution in [0.4, 0.5) is 0 Å². The summed E-state index contributed by atoms with van der Waals surface area (Å²) in [6.07, 6.45) is 0. The minimum atomic E-state index is -2.76. The first-order chi connectivity index (χ1) is 7.56. The Morgan fingerprint density at radius 1 is 1.12 bits per heavy atom.